The molecule has 2 aliphatic rings. The van der Waals surface area contributed by atoms with E-state index < -0.39 is 0 Å². The summed E-state index contributed by atoms with van der Waals surface area (Å²) in [5.41, 5.74) is 6.96. The number of thioether (sulfide) groups is 1. The molecule has 1 aromatic rings. The summed E-state index contributed by atoms with van der Waals surface area (Å²) in [6.45, 7) is 1.95. The van der Waals surface area contributed by atoms with Crippen LogP contribution < -0.4 is 11.1 Å². The zero-order chi connectivity index (χ0) is 13.2. The van der Waals surface area contributed by atoms with Crippen LogP contribution >= 0.6 is 11.8 Å². The predicted octanol–water partition coefficient (Wildman–Crippen LogP) is 0.639. The van der Waals surface area contributed by atoms with Crippen LogP contribution in [-0.2, 0) is 13.0 Å². The second-order valence-corrected chi connectivity index (χ2v) is 6.57. The molecule has 0 unspecified atom stereocenters. The third kappa shape index (κ3) is 2.79. The van der Waals surface area contributed by atoms with E-state index in [1.54, 1.807) is 6.20 Å². The highest BCUT2D eigenvalue weighted by Crippen LogP contribution is 2.23. The first-order chi connectivity index (χ1) is 9.24. The van der Waals surface area contributed by atoms with E-state index in [1.165, 1.54) is 17.9 Å². The van der Waals surface area contributed by atoms with Gasteiger partial charge in [-0.15, -0.1) is 0 Å². The fourth-order valence-corrected chi connectivity index (χ4v) is 4.10. The summed E-state index contributed by atoms with van der Waals surface area (Å²) in [7, 11) is 0. The van der Waals surface area contributed by atoms with Crippen molar-refractivity contribution in [2.45, 2.75) is 31.8 Å². The van der Waals surface area contributed by atoms with Gasteiger partial charge in [-0.05, 0) is 30.9 Å². The molecule has 104 valence electrons. The van der Waals surface area contributed by atoms with Gasteiger partial charge < -0.3 is 11.1 Å². The maximum Gasteiger partial charge on any atom is 0.252 e. The lowest BCUT2D eigenvalue weighted by Gasteiger charge is -2.25. The molecular weight excluding hydrogens is 260 g/mol. The number of primary amides is 1. The van der Waals surface area contributed by atoms with Crippen molar-refractivity contribution >= 4 is 17.7 Å². The Morgan fingerprint density at radius 3 is 3.21 bits per heavy atom. The molecule has 0 bridgehead atoms. The monoisotopic (exact) mass is 280 g/mol. The smallest absolute Gasteiger partial charge is 0.252 e. The molecule has 19 heavy (non-hydrogen) atoms. The first-order valence-corrected chi connectivity index (χ1v) is 8.05. The topological polar surface area (TPSA) is 72.9 Å². The summed E-state index contributed by atoms with van der Waals surface area (Å²) >= 11 is 2.03. The fraction of sp³-hybridized carbons (Fsp3) is 0.692. The second kappa shape index (κ2) is 5.54. The molecule has 1 amide bonds. The molecule has 2 atom stereocenters. The van der Waals surface area contributed by atoms with Gasteiger partial charge in [-0.3, -0.25) is 9.48 Å². The molecule has 0 radical (unpaired) electrons. The molecule has 1 saturated heterocycles. The lowest BCUT2D eigenvalue weighted by molar-refractivity contribution is 0.0998. The summed E-state index contributed by atoms with van der Waals surface area (Å²) in [5, 5.41) is 7.95. The number of hydrogen-bond acceptors (Lipinski definition) is 4. The SMILES string of the molecule is NC(=O)c1cnn2c1CC[C@H](CN[C@@H]1CCSC1)C2. The van der Waals surface area contributed by atoms with Gasteiger partial charge in [0.15, 0.2) is 0 Å². The number of nitrogens with zero attached hydrogens (tertiary/aromatic N) is 2. The van der Waals surface area contributed by atoms with Crippen LogP contribution in [0.15, 0.2) is 6.20 Å². The van der Waals surface area contributed by atoms with Gasteiger partial charge >= 0.3 is 0 Å². The Labute approximate surface area is 117 Å². The third-order valence-electron chi connectivity index (χ3n) is 4.06. The van der Waals surface area contributed by atoms with Crippen LogP contribution in [0, 0.1) is 5.92 Å². The number of carbonyl (C=O) groups is 1. The molecule has 0 aliphatic carbocycles. The molecule has 3 rings (SSSR count). The highest BCUT2D eigenvalue weighted by molar-refractivity contribution is 7.99. The first kappa shape index (κ1) is 13.0. The van der Waals surface area contributed by atoms with Gasteiger partial charge in [-0.2, -0.15) is 16.9 Å². The molecule has 0 aromatic carbocycles. The molecular formula is C13H20N4OS. The van der Waals surface area contributed by atoms with Crippen LogP contribution in [0.3, 0.4) is 0 Å². The Morgan fingerprint density at radius 2 is 2.47 bits per heavy atom. The Hall–Kier alpha value is -1.01. The van der Waals surface area contributed by atoms with Gasteiger partial charge in [0.1, 0.15) is 0 Å². The summed E-state index contributed by atoms with van der Waals surface area (Å²) in [6.07, 6.45) is 4.92. The molecule has 3 N–H and O–H groups in total. The fourth-order valence-electron chi connectivity index (χ4n) is 2.91. The Kier molecular flexibility index (Phi) is 3.79. The van der Waals surface area contributed by atoms with Gasteiger partial charge in [0.25, 0.3) is 5.91 Å². The van der Waals surface area contributed by atoms with E-state index in [0.29, 0.717) is 17.5 Å². The number of carbonyl (C=O) groups excluding carboxylic acids is 1. The average Bonchev–Trinajstić information content (AvgIpc) is 3.05. The lowest BCUT2D eigenvalue weighted by Crippen LogP contribution is -2.36. The van der Waals surface area contributed by atoms with Crippen LogP contribution in [0.4, 0.5) is 0 Å². The molecule has 5 nitrogen and oxygen atoms in total. The largest absolute Gasteiger partial charge is 0.365 e. The van der Waals surface area contributed by atoms with Crippen LogP contribution in [0.2, 0.25) is 0 Å². The Bertz CT molecular complexity index is 467. The number of nitrogens with one attached hydrogen (secondary N) is 1. The number of aromatic nitrogens is 2. The van der Waals surface area contributed by atoms with Crippen LogP contribution in [0.5, 0.6) is 0 Å². The van der Waals surface area contributed by atoms with Crippen molar-refractivity contribution in [1.82, 2.24) is 15.1 Å². The highest BCUT2D eigenvalue weighted by Gasteiger charge is 2.24. The van der Waals surface area contributed by atoms with Gasteiger partial charge in [-0.1, -0.05) is 0 Å². The zero-order valence-electron chi connectivity index (χ0n) is 11.0. The number of rotatable bonds is 4. The highest BCUT2D eigenvalue weighted by atomic mass is 32.2. The molecule has 1 fully saturated rings. The number of nitrogens with two attached hydrogens (primary N) is 1. The molecule has 2 aliphatic heterocycles. The molecule has 6 heteroatoms. The lowest BCUT2D eigenvalue weighted by atomic mass is 9.96. The summed E-state index contributed by atoms with van der Waals surface area (Å²) in [6, 6.07) is 0.685. The summed E-state index contributed by atoms with van der Waals surface area (Å²) in [5.74, 6) is 2.78. The van der Waals surface area contributed by atoms with Crippen molar-refractivity contribution in [1.29, 1.82) is 0 Å². The number of hydrogen-bond donors (Lipinski definition) is 2. The summed E-state index contributed by atoms with van der Waals surface area (Å²) < 4.78 is 1.96. The van der Waals surface area contributed by atoms with Gasteiger partial charge in [0.05, 0.1) is 17.5 Å². The van der Waals surface area contributed by atoms with Crippen LogP contribution in [0.25, 0.3) is 0 Å². The van der Waals surface area contributed by atoms with E-state index in [2.05, 4.69) is 10.4 Å². The molecule has 0 spiro atoms. The van der Waals surface area contributed by atoms with Crippen molar-refractivity contribution in [3.63, 3.8) is 0 Å². The van der Waals surface area contributed by atoms with Crippen molar-refractivity contribution in [3.05, 3.63) is 17.5 Å². The van der Waals surface area contributed by atoms with Crippen molar-refractivity contribution in [3.8, 4) is 0 Å². The number of amides is 1. The minimum atomic E-state index is -0.360. The molecule has 3 heterocycles. The quantitative estimate of drug-likeness (QED) is 0.849. The molecule has 0 saturated carbocycles. The Morgan fingerprint density at radius 1 is 1.58 bits per heavy atom. The van der Waals surface area contributed by atoms with E-state index in [1.807, 2.05) is 16.4 Å². The number of fused-ring (bicyclic) bond motifs is 1. The average molecular weight is 280 g/mol. The van der Waals surface area contributed by atoms with Crippen LogP contribution in [-0.4, -0.2) is 39.8 Å². The van der Waals surface area contributed by atoms with E-state index in [4.69, 9.17) is 5.73 Å². The first-order valence-electron chi connectivity index (χ1n) is 6.89. The van der Waals surface area contributed by atoms with Gasteiger partial charge in [0.2, 0.25) is 0 Å². The Balaban J connectivity index is 1.58. The van der Waals surface area contributed by atoms with Crippen LogP contribution in [0.1, 0.15) is 28.9 Å². The van der Waals surface area contributed by atoms with E-state index in [0.717, 1.165) is 31.6 Å². The molecule has 1 aromatic heterocycles. The minimum Gasteiger partial charge on any atom is -0.365 e. The second-order valence-electron chi connectivity index (χ2n) is 5.42. The van der Waals surface area contributed by atoms with Crippen molar-refractivity contribution < 1.29 is 4.79 Å². The van der Waals surface area contributed by atoms with Gasteiger partial charge in [0, 0.05) is 24.9 Å². The summed E-state index contributed by atoms with van der Waals surface area (Å²) in [4.78, 5) is 11.3. The standard InChI is InChI=1S/C13H20N4OS/c14-13(18)11-6-16-17-7-9(1-2-12(11)17)5-15-10-3-4-19-8-10/h6,9-10,15H,1-5,7-8H2,(H2,14,18)/t9-,10-/m1/s1. The normalized spacial score (nSPS) is 26.3. The third-order valence-corrected chi connectivity index (χ3v) is 5.22. The maximum absolute atomic E-state index is 11.3. The maximum atomic E-state index is 11.3. The predicted molar refractivity (Wildman–Crippen MR) is 76.3 cm³/mol. The van der Waals surface area contributed by atoms with Crippen molar-refractivity contribution in [2.24, 2.45) is 11.7 Å². The van der Waals surface area contributed by atoms with E-state index in [9.17, 15) is 4.79 Å². The van der Waals surface area contributed by atoms with Gasteiger partial charge in [-0.25, -0.2) is 0 Å². The minimum absolute atomic E-state index is 0.360. The van der Waals surface area contributed by atoms with E-state index in [-0.39, 0.29) is 5.91 Å². The van der Waals surface area contributed by atoms with E-state index >= 15 is 0 Å². The van der Waals surface area contributed by atoms with Crippen molar-refractivity contribution in [2.75, 3.05) is 18.1 Å². The zero-order valence-corrected chi connectivity index (χ0v) is 11.8.